The molecule has 0 spiro atoms. The Morgan fingerprint density at radius 3 is 2.70 bits per heavy atom. The first-order valence-corrected chi connectivity index (χ1v) is 6.77. The third-order valence-electron chi connectivity index (χ3n) is 3.58. The van der Waals surface area contributed by atoms with Gasteiger partial charge in [-0.3, -0.25) is 15.1 Å². The van der Waals surface area contributed by atoms with Gasteiger partial charge in [0.05, 0.1) is 12.0 Å². The maximum atomic E-state index is 11.0. The molecule has 108 valence electrons. The Labute approximate surface area is 117 Å². The Balaban J connectivity index is 2.24. The molecule has 0 bridgehead atoms. The zero-order valence-corrected chi connectivity index (χ0v) is 11.5. The summed E-state index contributed by atoms with van der Waals surface area (Å²) in [4.78, 5) is 15.0. The number of nitrogens with two attached hydrogens (primary N) is 1. The second kappa shape index (κ2) is 6.36. The second-order valence-electron chi connectivity index (χ2n) is 4.98. The standard InChI is InChI=1S/C14H19N3O3/c1-20-14-8-12(15)10(7-13(14)17(18)19)9-16-11-5-3-2-4-6-11/h7-9,11H,2-6,15H2,1H3. The smallest absolute Gasteiger partial charge is 0.311 e. The van der Waals surface area contributed by atoms with E-state index in [0.717, 1.165) is 12.8 Å². The van der Waals surface area contributed by atoms with E-state index in [2.05, 4.69) is 4.99 Å². The summed E-state index contributed by atoms with van der Waals surface area (Å²) < 4.78 is 4.97. The van der Waals surface area contributed by atoms with Crippen molar-refractivity contribution >= 4 is 17.6 Å². The van der Waals surface area contributed by atoms with Crippen molar-refractivity contribution in [3.8, 4) is 5.75 Å². The number of methoxy groups -OCH3 is 1. The normalized spacial score (nSPS) is 16.4. The van der Waals surface area contributed by atoms with Crippen LogP contribution < -0.4 is 10.5 Å². The lowest BCUT2D eigenvalue weighted by molar-refractivity contribution is -0.385. The fourth-order valence-corrected chi connectivity index (χ4v) is 2.43. The van der Waals surface area contributed by atoms with Gasteiger partial charge in [0.25, 0.3) is 0 Å². The van der Waals surface area contributed by atoms with Gasteiger partial charge < -0.3 is 10.5 Å². The van der Waals surface area contributed by atoms with E-state index in [1.807, 2.05) is 0 Å². The number of aliphatic imine (C=N–C) groups is 1. The van der Waals surface area contributed by atoms with Crippen molar-refractivity contribution in [2.24, 2.45) is 4.99 Å². The van der Waals surface area contributed by atoms with Crippen LogP contribution in [0.25, 0.3) is 0 Å². The van der Waals surface area contributed by atoms with E-state index in [0.29, 0.717) is 17.3 Å². The Hall–Kier alpha value is -2.11. The minimum Gasteiger partial charge on any atom is -0.490 e. The first-order valence-electron chi connectivity index (χ1n) is 6.77. The zero-order valence-electron chi connectivity index (χ0n) is 11.5. The molecule has 6 heteroatoms. The number of rotatable bonds is 4. The van der Waals surface area contributed by atoms with E-state index in [1.54, 1.807) is 6.21 Å². The summed E-state index contributed by atoms with van der Waals surface area (Å²) in [5.41, 5.74) is 6.81. The molecule has 1 fully saturated rings. The van der Waals surface area contributed by atoms with Gasteiger partial charge >= 0.3 is 5.69 Å². The molecule has 1 aliphatic carbocycles. The Kier molecular flexibility index (Phi) is 4.55. The van der Waals surface area contributed by atoms with Crippen LogP contribution in [0.4, 0.5) is 11.4 Å². The van der Waals surface area contributed by atoms with Gasteiger partial charge in [0.1, 0.15) is 0 Å². The van der Waals surface area contributed by atoms with Gasteiger partial charge in [0.15, 0.2) is 5.75 Å². The van der Waals surface area contributed by atoms with E-state index >= 15 is 0 Å². The third-order valence-corrected chi connectivity index (χ3v) is 3.58. The largest absolute Gasteiger partial charge is 0.490 e. The molecular weight excluding hydrogens is 258 g/mol. The average molecular weight is 277 g/mol. The number of nitro benzene ring substituents is 1. The van der Waals surface area contributed by atoms with Crippen molar-refractivity contribution < 1.29 is 9.66 Å². The van der Waals surface area contributed by atoms with Gasteiger partial charge in [0.2, 0.25) is 0 Å². The topological polar surface area (TPSA) is 90.8 Å². The fraction of sp³-hybridized carbons (Fsp3) is 0.500. The molecule has 0 saturated heterocycles. The summed E-state index contributed by atoms with van der Waals surface area (Å²) in [6.07, 6.45) is 7.46. The summed E-state index contributed by atoms with van der Waals surface area (Å²) in [5.74, 6) is 0.169. The van der Waals surface area contributed by atoms with Crippen LogP contribution in [0.5, 0.6) is 5.75 Å². The maximum absolute atomic E-state index is 11.0. The quantitative estimate of drug-likeness (QED) is 0.396. The molecule has 0 amide bonds. The van der Waals surface area contributed by atoms with Crippen LogP contribution in [0.3, 0.4) is 0 Å². The number of hydrogen-bond acceptors (Lipinski definition) is 5. The van der Waals surface area contributed by atoms with Crippen LogP contribution in [-0.2, 0) is 0 Å². The average Bonchev–Trinajstić information content (AvgIpc) is 2.46. The number of benzene rings is 1. The number of nitro groups is 1. The Morgan fingerprint density at radius 2 is 2.10 bits per heavy atom. The molecule has 2 rings (SSSR count). The molecule has 0 aliphatic heterocycles. The van der Waals surface area contributed by atoms with E-state index in [1.165, 1.54) is 38.5 Å². The van der Waals surface area contributed by atoms with Gasteiger partial charge in [-0.05, 0) is 12.8 Å². The molecule has 0 aromatic heterocycles. The van der Waals surface area contributed by atoms with Crippen molar-refractivity contribution in [2.45, 2.75) is 38.1 Å². The molecule has 0 unspecified atom stereocenters. The van der Waals surface area contributed by atoms with Crippen molar-refractivity contribution in [1.29, 1.82) is 0 Å². The van der Waals surface area contributed by atoms with Crippen molar-refractivity contribution in [1.82, 2.24) is 0 Å². The predicted molar refractivity (Wildman–Crippen MR) is 78.5 cm³/mol. The molecule has 1 aromatic rings. The summed E-state index contributed by atoms with van der Waals surface area (Å²) in [5, 5.41) is 11.0. The van der Waals surface area contributed by atoms with Crippen molar-refractivity contribution in [2.75, 3.05) is 12.8 Å². The molecule has 0 atom stereocenters. The SMILES string of the molecule is COc1cc(N)c(C=NC2CCCCC2)cc1[N+](=O)[O-]. The molecule has 20 heavy (non-hydrogen) atoms. The van der Waals surface area contributed by atoms with Gasteiger partial charge in [-0.25, -0.2) is 0 Å². The van der Waals surface area contributed by atoms with E-state index < -0.39 is 4.92 Å². The van der Waals surface area contributed by atoms with Crippen LogP contribution >= 0.6 is 0 Å². The Bertz CT molecular complexity index is 523. The molecule has 2 N–H and O–H groups in total. The first kappa shape index (κ1) is 14.3. The summed E-state index contributed by atoms with van der Waals surface area (Å²) in [6.45, 7) is 0. The molecule has 1 aliphatic rings. The van der Waals surface area contributed by atoms with Crippen LogP contribution in [0.15, 0.2) is 17.1 Å². The van der Waals surface area contributed by atoms with E-state index in [9.17, 15) is 10.1 Å². The highest BCUT2D eigenvalue weighted by atomic mass is 16.6. The van der Waals surface area contributed by atoms with Gasteiger partial charge in [-0.15, -0.1) is 0 Å². The van der Waals surface area contributed by atoms with Crippen LogP contribution in [-0.4, -0.2) is 24.3 Å². The first-order chi connectivity index (χ1) is 9.61. The minimum absolute atomic E-state index is 0.0909. The lowest BCUT2D eigenvalue weighted by Crippen LogP contribution is -2.10. The highest BCUT2D eigenvalue weighted by Gasteiger charge is 2.17. The van der Waals surface area contributed by atoms with Crippen LogP contribution in [0.1, 0.15) is 37.7 Å². The minimum atomic E-state index is -0.476. The fourth-order valence-electron chi connectivity index (χ4n) is 2.43. The molecule has 0 heterocycles. The number of nitrogens with zero attached hydrogens (tertiary/aromatic N) is 2. The molecule has 0 radical (unpaired) electrons. The van der Waals surface area contributed by atoms with Crippen LogP contribution in [0.2, 0.25) is 0 Å². The van der Waals surface area contributed by atoms with E-state index in [-0.39, 0.29) is 11.4 Å². The van der Waals surface area contributed by atoms with E-state index in [4.69, 9.17) is 10.5 Å². The molecule has 1 aromatic carbocycles. The predicted octanol–water partition coefficient (Wildman–Crippen LogP) is 2.94. The number of ether oxygens (including phenoxy) is 1. The summed E-state index contributed by atoms with van der Waals surface area (Å²) >= 11 is 0. The zero-order chi connectivity index (χ0) is 14.5. The highest BCUT2D eigenvalue weighted by Crippen LogP contribution is 2.31. The lowest BCUT2D eigenvalue weighted by Gasteiger charge is -2.17. The van der Waals surface area contributed by atoms with Gasteiger partial charge in [0, 0.05) is 35.6 Å². The lowest BCUT2D eigenvalue weighted by atomic mass is 9.96. The molecule has 6 nitrogen and oxygen atoms in total. The van der Waals surface area contributed by atoms with Crippen molar-refractivity contribution in [3.63, 3.8) is 0 Å². The monoisotopic (exact) mass is 277 g/mol. The second-order valence-corrected chi connectivity index (χ2v) is 4.98. The molecular formula is C14H19N3O3. The number of anilines is 1. The van der Waals surface area contributed by atoms with Crippen LogP contribution in [0, 0.1) is 10.1 Å². The highest BCUT2D eigenvalue weighted by molar-refractivity contribution is 5.89. The van der Waals surface area contributed by atoms with Crippen molar-refractivity contribution in [3.05, 3.63) is 27.8 Å². The molecule has 1 saturated carbocycles. The summed E-state index contributed by atoms with van der Waals surface area (Å²) in [6, 6.07) is 3.20. The third kappa shape index (κ3) is 3.26. The Morgan fingerprint density at radius 1 is 1.40 bits per heavy atom. The number of nitrogen functional groups attached to an aromatic ring is 1. The summed E-state index contributed by atoms with van der Waals surface area (Å²) in [7, 11) is 1.39. The van der Waals surface area contributed by atoms with Gasteiger partial charge in [-0.2, -0.15) is 0 Å². The number of hydrogen-bond donors (Lipinski definition) is 1. The van der Waals surface area contributed by atoms with Gasteiger partial charge in [-0.1, -0.05) is 19.3 Å². The maximum Gasteiger partial charge on any atom is 0.311 e.